The van der Waals surface area contributed by atoms with Crippen LogP contribution in [0.5, 0.6) is 0 Å². The van der Waals surface area contributed by atoms with E-state index in [-0.39, 0.29) is 11.5 Å². The van der Waals surface area contributed by atoms with Gasteiger partial charge in [-0.15, -0.1) is 0 Å². The Morgan fingerprint density at radius 2 is 1.81 bits per heavy atom. The Morgan fingerprint density at radius 1 is 1.04 bits per heavy atom. The Morgan fingerprint density at radius 3 is 2.59 bits per heavy atom. The lowest BCUT2D eigenvalue weighted by molar-refractivity contribution is -0.125. The van der Waals surface area contributed by atoms with Crippen molar-refractivity contribution in [1.29, 1.82) is 0 Å². The van der Waals surface area contributed by atoms with E-state index < -0.39 is 0 Å². The van der Waals surface area contributed by atoms with Gasteiger partial charge < -0.3 is 14.5 Å². The molecule has 2 saturated heterocycles. The van der Waals surface area contributed by atoms with E-state index in [2.05, 4.69) is 37.1 Å². The van der Waals surface area contributed by atoms with E-state index in [1.165, 1.54) is 5.56 Å². The number of hydrogen-bond acceptors (Lipinski definition) is 3. The highest BCUT2D eigenvalue weighted by atomic mass is 16.5. The summed E-state index contributed by atoms with van der Waals surface area (Å²) in [6.07, 6.45) is 1.99. The average molecular weight is 364 g/mol. The van der Waals surface area contributed by atoms with Crippen molar-refractivity contribution in [2.45, 2.75) is 25.4 Å². The minimum Gasteiger partial charge on any atom is -0.371 e. The van der Waals surface area contributed by atoms with Gasteiger partial charge in [-0.05, 0) is 44.0 Å². The van der Waals surface area contributed by atoms with Crippen LogP contribution in [-0.2, 0) is 4.74 Å². The fourth-order valence-corrected chi connectivity index (χ4v) is 4.25. The molecule has 2 aromatic carbocycles. The first-order chi connectivity index (χ1) is 13.1. The van der Waals surface area contributed by atoms with Gasteiger partial charge in [-0.2, -0.15) is 0 Å². The Bertz CT molecular complexity index is 825. The maximum atomic E-state index is 13.4. The molecule has 2 aliphatic heterocycles. The summed E-state index contributed by atoms with van der Waals surface area (Å²) in [6.45, 7) is 6.13. The van der Waals surface area contributed by atoms with E-state index in [9.17, 15) is 4.79 Å². The van der Waals surface area contributed by atoms with Crippen LogP contribution >= 0.6 is 0 Å². The lowest BCUT2D eigenvalue weighted by Crippen LogP contribution is -2.57. The van der Waals surface area contributed by atoms with E-state index >= 15 is 0 Å². The third-order valence-corrected chi connectivity index (χ3v) is 5.92. The second-order valence-electron chi connectivity index (χ2n) is 7.98. The van der Waals surface area contributed by atoms with Crippen LogP contribution in [0.4, 0.5) is 0 Å². The smallest absolute Gasteiger partial charge is 0.254 e. The summed E-state index contributed by atoms with van der Waals surface area (Å²) in [7, 11) is 2.15. The van der Waals surface area contributed by atoms with Crippen molar-refractivity contribution in [3.05, 3.63) is 59.7 Å². The van der Waals surface area contributed by atoms with Crippen LogP contribution in [0.1, 0.15) is 28.8 Å². The number of rotatable bonds is 2. The molecule has 4 rings (SSSR count). The molecule has 2 aliphatic rings. The molecule has 0 radical (unpaired) electrons. The minimum absolute atomic E-state index is 0.119. The van der Waals surface area contributed by atoms with Crippen LogP contribution < -0.4 is 0 Å². The van der Waals surface area contributed by atoms with Crippen molar-refractivity contribution in [3.8, 4) is 11.1 Å². The average Bonchev–Trinajstić information content (AvgIpc) is 2.70. The second-order valence-corrected chi connectivity index (χ2v) is 7.98. The third kappa shape index (κ3) is 3.78. The Hall–Kier alpha value is -2.17. The highest BCUT2D eigenvalue weighted by Crippen LogP contribution is 2.32. The molecule has 0 saturated carbocycles. The lowest BCUT2D eigenvalue weighted by Gasteiger charge is -2.46. The molecular formula is C23H28N2O2. The molecule has 0 bridgehead atoms. The molecule has 2 aromatic rings. The number of likely N-dealkylation sites (tertiary alicyclic amines) is 1. The molecule has 0 aliphatic carbocycles. The fraction of sp³-hybridized carbons (Fsp3) is 0.435. The largest absolute Gasteiger partial charge is 0.371 e. The Labute approximate surface area is 161 Å². The van der Waals surface area contributed by atoms with Gasteiger partial charge in [0, 0.05) is 25.2 Å². The summed E-state index contributed by atoms with van der Waals surface area (Å²) in [5.41, 5.74) is 3.93. The van der Waals surface area contributed by atoms with Crippen molar-refractivity contribution in [3.63, 3.8) is 0 Å². The van der Waals surface area contributed by atoms with E-state index in [1.807, 2.05) is 35.2 Å². The Balaban J connectivity index is 1.60. The maximum Gasteiger partial charge on any atom is 0.254 e. The summed E-state index contributed by atoms with van der Waals surface area (Å²) in [5.74, 6) is 0.119. The van der Waals surface area contributed by atoms with Crippen molar-refractivity contribution in [1.82, 2.24) is 9.80 Å². The first kappa shape index (κ1) is 18.2. The Kier molecular flexibility index (Phi) is 5.02. The van der Waals surface area contributed by atoms with Crippen molar-refractivity contribution < 1.29 is 9.53 Å². The lowest BCUT2D eigenvalue weighted by atomic mass is 9.89. The summed E-state index contributed by atoms with van der Waals surface area (Å²) in [5, 5.41) is 0. The van der Waals surface area contributed by atoms with Gasteiger partial charge >= 0.3 is 0 Å². The summed E-state index contributed by atoms with van der Waals surface area (Å²) in [6, 6.07) is 16.3. The molecule has 4 heteroatoms. The number of nitrogens with zero attached hydrogens (tertiary/aromatic N) is 2. The maximum absolute atomic E-state index is 13.4. The molecule has 2 fully saturated rings. The molecule has 0 aromatic heterocycles. The molecule has 1 amide bonds. The monoisotopic (exact) mass is 364 g/mol. The number of amides is 1. The zero-order chi connectivity index (χ0) is 18.9. The fourth-order valence-electron chi connectivity index (χ4n) is 4.25. The zero-order valence-corrected chi connectivity index (χ0v) is 16.3. The quantitative estimate of drug-likeness (QED) is 0.816. The first-order valence-electron chi connectivity index (χ1n) is 9.84. The van der Waals surface area contributed by atoms with Crippen molar-refractivity contribution >= 4 is 5.91 Å². The molecular weight excluding hydrogens is 336 g/mol. The van der Waals surface area contributed by atoms with Crippen LogP contribution in [0.15, 0.2) is 48.5 Å². The van der Waals surface area contributed by atoms with E-state index in [1.54, 1.807) is 0 Å². The molecule has 4 nitrogen and oxygen atoms in total. The van der Waals surface area contributed by atoms with Crippen LogP contribution in [0.2, 0.25) is 0 Å². The summed E-state index contributed by atoms with van der Waals surface area (Å²) < 4.78 is 6.18. The van der Waals surface area contributed by atoms with Gasteiger partial charge in [0.05, 0.1) is 18.8 Å². The van der Waals surface area contributed by atoms with Gasteiger partial charge in [0.15, 0.2) is 0 Å². The van der Waals surface area contributed by atoms with E-state index in [0.29, 0.717) is 19.7 Å². The number of hydrogen-bond donors (Lipinski definition) is 0. The predicted molar refractivity (Wildman–Crippen MR) is 108 cm³/mol. The highest BCUT2D eigenvalue weighted by Gasteiger charge is 2.40. The second kappa shape index (κ2) is 7.45. The first-order valence-corrected chi connectivity index (χ1v) is 9.84. The molecule has 27 heavy (non-hydrogen) atoms. The van der Waals surface area contributed by atoms with Gasteiger partial charge in [0.25, 0.3) is 5.91 Å². The van der Waals surface area contributed by atoms with Crippen LogP contribution in [-0.4, -0.2) is 61.1 Å². The number of carbonyl (C=O) groups is 1. The number of ether oxygens (including phenoxy) is 1. The van der Waals surface area contributed by atoms with Crippen LogP contribution in [0, 0.1) is 6.92 Å². The normalized spacial score (nSPS) is 20.0. The van der Waals surface area contributed by atoms with Gasteiger partial charge in [-0.25, -0.2) is 0 Å². The van der Waals surface area contributed by atoms with Crippen LogP contribution in [0.3, 0.4) is 0 Å². The highest BCUT2D eigenvalue weighted by molar-refractivity contribution is 6.01. The predicted octanol–water partition coefficient (Wildman–Crippen LogP) is 3.60. The zero-order valence-electron chi connectivity index (χ0n) is 16.3. The van der Waals surface area contributed by atoms with Crippen molar-refractivity contribution in [2.75, 3.05) is 39.8 Å². The topological polar surface area (TPSA) is 32.8 Å². The third-order valence-electron chi connectivity index (χ3n) is 5.92. The number of morpholine rings is 1. The molecule has 0 unspecified atom stereocenters. The molecule has 0 N–H and O–H groups in total. The standard InChI is InChI=1S/C23H28N2O2/c1-18-6-5-7-19(16-18)20-8-3-4-9-21(20)22(26)25-14-15-27-23(17-25)10-12-24(2)13-11-23/h3-9,16H,10-15,17H2,1-2H3. The number of aryl methyl sites for hydroxylation is 1. The van der Waals surface area contributed by atoms with E-state index in [4.69, 9.17) is 4.74 Å². The molecule has 142 valence electrons. The van der Waals surface area contributed by atoms with Crippen molar-refractivity contribution in [2.24, 2.45) is 0 Å². The number of benzene rings is 2. The SMILES string of the molecule is Cc1cccc(-c2ccccc2C(=O)N2CCOC3(CCN(C)CC3)C2)c1. The molecule has 0 atom stereocenters. The summed E-state index contributed by atoms with van der Waals surface area (Å²) in [4.78, 5) is 17.8. The summed E-state index contributed by atoms with van der Waals surface area (Å²) >= 11 is 0. The molecule has 2 heterocycles. The van der Waals surface area contributed by atoms with Gasteiger partial charge in [0.1, 0.15) is 0 Å². The minimum atomic E-state index is -0.168. The number of carbonyl (C=O) groups excluding carboxylic acids is 1. The van der Waals surface area contributed by atoms with E-state index in [0.717, 1.165) is 42.6 Å². The van der Waals surface area contributed by atoms with Gasteiger partial charge in [-0.3, -0.25) is 4.79 Å². The van der Waals surface area contributed by atoms with Gasteiger partial charge in [-0.1, -0.05) is 48.0 Å². The van der Waals surface area contributed by atoms with Gasteiger partial charge in [0.2, 0.25) is 0 Å². The van der Waals surface area contributed by atoms with Crippen LogP contribution in [0.25, 0.3) is 11.1 Å². The molecule has 1 spiro atoms. The number of piperidine rings is 1.